The Kier molecular flexibility index (Phi) is 4.01. The van der Waals surface area contributed by atoms with Crippen LogP contribution in [0.3, 0.4) is 0 Å². The topological polar surface area (TPSA) is 58.2 Å². The van der Waals surface area contributed by atoms with Crippen molar-refractivity contribution >= 4 is 16.7 Å². The normalized spacial score (nSPS) is 26.5. The first-order valence-electron chi connectivity index (χ1n) is 6.79. The van der Waals surface area contributed by atoms with Gasteiger partial charge in [0.05, 0.1) is 22.1 Å². The Balaban J connectivity index is 1.67. The van der Waals surface area contributed by atoms with Gasteiger partial charge in [0.2, 0.25) is 0 Å². The first-order chi connectivity index (χ1) is 10.3. The molecule has 1 aliphatic carbocycles. The molecular weight excluding hydrogens is 284 g/mol. The minimum absolute atomic E-state index is 0.00140. The van der Waals surface area contributed by atoms with Crippen LogP contribution in [0.15, 0.2) is 65.7 Å². The molecular formula is C16H16N2O2S. The summed E-state index contributed by atoms with van der Waals surface area (Å²) in [6.07, 6.45) is 9.19. The zero-order chi connectivity index (χ0) is 14.7. The Morgan fingerprint density at radius 1 is 1.19 bits per heavy atom. The molecule has 0 saturated heterocycles. The fraction of sp³-hybridized carbons (Fsp3) is 0.188. The van der Waals surface area contributed by atoms with Crippen molar-refractivity contribution in [3.63, 3.8) is 0 Å². The summed E-state index contributed by atoms with van der Waals surface area (Å²) in [4.78, 5) is 12.5. The molecule has 1 aromatic rings. The van der Waals surface area contributed by atoms with Crippen molar-refractivity contribution in [2.75, 3.05) is 0 Å². The first kappa shape index (κ1) is 13.8. The Bertz CT molecular complexity index is 650. The highest BCUT2D eigenvalue weighted by Crippen LogP contribution is 2.21. The monoisotopic (exact) mass is 300 g/mol. The maximum Gasteiger partial charge on any atom is 0.262 e. The van der Waals surface area contributed by atoms with E-state index in [1.54, 1.807) is 6.20 Å². The molecule has 0 spiro atoms. The summed E-state index contributed by atoms with van der Waals surface area (Å²) in [7, 11) is -1.33. The van der Waals surface area contributed by atoms with Gasteiger partial charge in [0.1, 0.15) is 4.91 Å². The number of carbonyl (C=O) groups is 1. The van der Waals surface area contributed by atoms with Gasteiger partial charge in [-0.15, -0.1) is 0 Å². The van der Waals surface area contributed by atoms with Gasteiger partial charge in [-0.25, -0.2) is 0 Å². The third-order valence-corrected chi connectivity index (χ3v) is 5.16. The second-order valence-corrected chi connectivity index (χ2v) is 6.48. The van der Waals surface area contributed by atoms with Gasteiger partial charge in [-0.2, -0.15) is 0 Å². The van der Waals surface area contributed by atoms with Gasteiger partial charge < -0.3 is 10.6 Å². The van der Waals surface area contributed by atoms with E-state index in [4.69, 9.17) is 0 Å². The molecule has 1 aliphatic heterocycles. The lowest BCUT2D eigenvalue weighted by Crippen LogP contribution is -2.45. The lowest BCUT2D eigenvalue weighted by atomic mass is 10.1. The van der Waals surface area contributed by atoms with Crippen molar-refractivity contribution < 1.29 is 9.00 Å². The van der Waals surface area contributed by atoms with Gasteiger partial charge in [0.15, 0.2) is 0 Å². The number of hydrogen-bond donors (Lipinski definition) is 2. The van der Waals surface area contributed by atoms with Crippen molar-refractivity contribution in [2.45, 2.75) is 17.8 Å². The van der Waals surface area contributed by atoms with Crippen molar-refractivity contribution in [3.05, 3.63) is 71.3 Å². The highest BCUT2D eigenvalue weighted by Gasteiger charge is 2.32. The number of hydrogen-bond acceptors (Lipinski definition) is 3. The zero-order valence-corrected chi connectivity index (χ0v) is 12.2. The van der Waals surface area contributed by atoms with Crippen molar-refractivity contribution in [3.8, 4) is 0 Å². The third-order valence-electron chi connectivity index (χ3n) is 3.47. The van der Waals surface area contributed by atoms with Crippen LogP contribution in [-0.4, -0.2) is 21.4 Å². The van der Waals surface area contributed by atoms with Crippen molar-refractivity contribution in [2.24, 2.45) is 0 Å². The second kappa shape index (κ2) is 6.10. The van der Waals surface area contributed by atoms with E-state index in [0.717, 1.165) is 5.56 Å². The Morgan fingerprint density at radius 2 is 1.95 bits per heavy atom. The molecule has 0 aromatic heterocycles. The molecule has 5 heteroatoms. The van der Waals surface area contributed by atoms with Crippen LogP contribution >= 0.6 is 0 Å². The molecule has 4 nitrogen and oxygen atoms in total. The average molecular weight is 300 g/mol. The Hall–Kier alpha value is -2.14. The van der Waals surface area contributed by atoms with Crippen LogP contribution in [0.25, 0.3) is 0 Å². The molecule has 21 heavy (non-hydrogen) atoms. The summed E-state index contributed by atoms with van der Waals surface area (Å²) in [5, 5.41) is 5.76. The van der Waals surface area contributed by atoms with E-state index in [9.17, 15) is 9.00 Å². The number of fused-ring (bicyclic) bond motifs is 1. The second-order valence-electron chi connectivity index (χ2n) is 4.90. The van der Waals surface area contributed by atoms with Crippen LogP contribution in [0.2, 0.25) is 0 Å². The van der Waals surface area contributed by atoms with Gasteiger partial charge >= 0.3 is 0 Å². The molecule has 0 fully saturated rings. The molecule has 108 valence electrons. The predicted octanol–water partition coefficient (Wildman–Crippen LogP) is 1.36. The molecule has 1 aromatic carbocycles. The van der Waals surface area contributed by atoms with Crippen molar-refractivity contribution in [1.29, 1.82) is 0 Å². The van der Waals surface area contributed by atoms with E-state index in [1.165, 1.54) is 0 Å². The number of rotatable bonds is 3. The molecule has 3 atom stereocenters. The smallest absolute Gasteiger partial charge is 0.262 e. The molecule has 3 unspecified atom stereocenters. The largest absolute Gasteiger partial charge is 0.382 e. The number of amides is 1. The van der Waals surface area contributed by atoms with E-state index in [-0.39, 0.29) is 17.2 Å². The minimum atomic E-state index is -1.33. The van der Waals surface area contributed by atoms with Gasteiger partial charge in [0.25, 0.3) is 5.91 Å². The maximum atomic E-state index is 12.5. The summed E-state index contributed by atoms with van der Waals surface area (Å²) in [5.41, 5.74) is 1.01. The van der Waals surface area contributed by atoms with Crippen LogP contribution < -0.4 is 10.6 Å². The van der Waals surface area contributed by atoms with Crippen LogP contribution in [0.1, 0.15) is 5.56 Å². The number of nitrogens with one attached hydrogen (secondary N) is 2. The number of benzene rings is 1. The molecule has 1 heterocycles. The van der Waals surface area contributed by atoms with Crippen molar-refractivity contribution in [1.82, 2.24) is 10.6 Å². The quantitative estimate of drug-likeness (QED) is 0.886. The van der Waals surface area contributed by atoms with E-state index >= 15 is 0 Å². The molecule has 1 amide bonds. The lowest BCUT2D eigenvalue weighted by Gasteiger charge is -2.29. The molecule has 0 bridgehead atoms. The standard InChI is InChI=1S/C16H16N2O2S/c19-16(18-10-12-6-2-1-3-7-12)15-11-17-13-8-4-5-9-14(13)21(15)20/h1-9,11,13-14,17H,10H2,(H,18,19). The SMILES string of the molecule is O=C(NCc1ccccc1)C1=CNC2C=CC=CC2S1=O. The summed E-state index contributed by atoms with van der Waals surface area (Å²) >= 11 is 0. The summed E-state index contributed by atoms with van der Waals surface area (Å²) in [6, 6.07) is 9.65. The zero-order valence-electron chi connectivity index (χ0n) is 11.4. The maximum absolute atomic E-state index is 12.5. The van der Waals surface area contributed by atoms with E-state index in [1.807, 2.05) is 54.6 Å². The van der Waals surface area contributed by atoms with Crippen LogP contribution in [0.4, 0.5) is 0 Å². The summed E-state index contributed by atoms with van der Waals surface area (Å²) < 4.78 is 12.5. The molecule has 2 N–H and O–H groups in total. The molecule has 3 rings (SSSR count). The molecule has 0 radical (unpaired) electrons. The number of carbonyl (C=O) groups excluding carboxylic acids is 1. The minimum Gasteiger partial charge on any atom is -0.382 e. The van der Waals surface area contributed by atoms with Crippen LogP contribution in [-0.2, 0) is 22.1 Å². The lowest BCUT2D eigenvalue weighted by molar-refractivity contribution is -0.117. The van der Waals surface area contributed by atoms with Crippen LogP contribution in [0.5, 0.6) is 0 Å². The fourth-order valence-corrected chi connectivity index (χ4v) is 3.74. The highest BCUT2D eigenvalue weighted by atomic mass is 32.2. The van der Waals surface area contributed by atoms with Gasteiger partial charge in [-0.1, -0.05) is 54.6 Å². The van der Waals surface area contributed by atoms with E-state index < -0.39 is 10.8 Å². The molecule has 2 aliphatic rings. The van der Waals surface area contributed by atoms with Gasteiger partial charge in [-0.05, 0) is 5.56 Å². The average Bonchev–Trinajstić information content (AvgIpc) is 2.54. The van der Waals surface area contributed by atoms with Gasteiger partial charge in [0, 0.05) is 12.7 Å². The highest BCUT2D eigenvalue weighted by molar-refractivity contribution is 7.91. The number of allylic oxidation sites excluding steroid dienone is 2. The summed E-state index contributed by atoms with van der Waals surface area (Å²) in [6.45, 7) is 0.429. The summed E-state index contributed by atoms with van der Waals surface area (Å²) in [5.74, 6) is -0.286. The first-order valence-corrected chi connectivity index (χ1v) is 8.01. The Morgan fingerprint density at radius 3 is 2.76 bits per heavy atom. The predicted molar refractivity (Wildman–Crippen MR) is 83.5 cm³/mol. The fourth-order valence-electron chi connectivity index (χ4n) is 2.34. The third kappa shape index (κ3) is 2.97. The van der Waals surface area contributed by atoms with E-state index in [0.29, 0.717) is 11.4 Å². The Labute approximate surface area is 126 Å². The van der Waals surface area contributed by atoms with Gasteiger partial charge in [-0.3, -0.25) is 9.00 Å². The van der Waals surface area contributed by atoms with E-state index in [2.05, 4.69) is 10.6 Å². The molecule has 0 saturated carbocycles. The van der Waals surface area contributed by atoms with Crippen LogP contribution in [0, 0.1) is 0 Å².